The molecule has 0 aliphatic carbocycles. The minimum atomic E-state index is -3.12. The number of cyclic esters (lactones) is 1. The molecule has 4 aliphatic heterocycles. The van der Waals surface area contributed by atoms with Gasteiger partial charge in [0.1, 0.15) is 54.5 Å². The van der Waals surface area contributed by atoms with Crippen molar-refractivity contribution < 1.29 is 55.9 Å². The van der Waals surface area contributed by atoms with Crippen molar-refractivity contribution in [3.05, 3.63) is 70.8 Å². The summed E-state index contributed by atoms with van der Waals surface area (Å²) >= 11 is 0. The van der Waals surface area contributed by atoms with Gasteiger partial charge in [-0.2, -0.15) is 0 Å². The fraction of sp³-hybridized carbons (Fsp3) is 0.537. The average Bonchev–Trinajstić information content (AvgIpc) is 3.88. The number of halogens is 4. The van der Waals surface area contributed by atoms with E-state index in [9.17, 15) is 51.1 Å². The van der Waals surface area contributed by atoms with Gasteiger partial charge in [-0.15, -0.1) is 0 Å². The van der Waals surface area contributed by atoms with Crippen LogP contribution < -0.4 is 16.0 Å². The van der Waals surface area contributed by atoms with Gasteiger partial charge >= 0.3 is 5.97 Å². The van der Waals surface area contributed by atoms with Crippen LogP contribution in [0.2, 0.25) is 0 Å². The molecule has 6 amide bonds. The van der Waals surface area contributed by atoms with Crippen LogP contribution in [0.1, 0.15) is 75.5 Å². The number of nitrogens with one attached hydrogen (secondary N) is 3. The highest BCUT2D eigenvalue weighted by molar-refractivity contribution is 5.98. The molecule has 6 atom stereocenters. The van der Waals surface area contributed by atoms with Crippen molar-refractivity contribution in [2.24, 2.45) is 0 Å². The molecule has 0 unspecified atom stereocenters. The molecule has 18 heteroatoms. The first-order valence-corrected chi connectivity index (χ1v) is 19.9. The second-order valence-corrected chi connectivity index (χ2v) is 15.7. The van der Waals surface area contributed by atoms with Crippen molar-refractivity contribution >= 4 is 41.4 Å². The van der Waals surface area contributed by atoms with Crippen LogP contribution in [-0.2, 0) is 57.1 Å². The van der Waals surface area contributed by atoms with Gasteiger partial charge in [0.25, 0.3) is 5.92 Å². The summed E-state index contributed by atoms with van der Waals surface area (Å²) in [7, 11) is 0. The molecule has 318 valence electrons. The predicted octanol–water partition coefficient (Wildman–Crippen LogP) is 2.26. The summed E-state index contributed by atoms with van der Waals surface area (Å²) in [5.41, 5.74) is 0.00788. The predicted molar refractivity (Wildman–Crippen MR) is 201 cm³/mol. The lowest BCUT2D eigenvalue weighted by Gasteiger charge is -2.39. The molecule has 2 aromatic carbocycles. The largest absolute Gasteiger partial charge is 0.461 e. The van der Waals surface area contributed by atoms with Gasteiger partial charge < -0.3 is 35.4 Å². The number of rotatable bonds is 8. The molecule has 2 aromatic rings. The zero-order valence-corrected chi connectivity index (χ0v) is 32.8. The number of amides is 6. The molecule has 0 aromatic heterocycles. The molecule has 0 spiro atoms. The summed E-state index contributed by atoms with van der Waals surface area (Å²) in [6.07, 6.45) is 2.07. The summed E-state index contributed by atoms with van der Waals surface area (Å²) < 4.78 is 61.8. The smallest absolute Gasteiger partial charge is 0.328 e. The van der Waals surface area contributed by atoms with Crippen LogP contribution in [0, 0.1) is 11.6 Å². The number of piperidine rings is 1. The Bertz CT molecular complexity index is 1940. The lowest BCUT2D eigenvalue weighted by Crippen LogP contribution is -2.62. The highest BCUT2D eigenvalue weighted by Gasteiger charge is 2.45. The highest BCUT2D eigenvalue weighted by Crippen LogP contribution is 2.28. The molecule has 4 aliphatic rings. The number of esters is 1. The van der Waals surface area contributed by atoms with Gasteiger partial charge in [0.15, 0.2) is 0 Å². The minimum Gasteiger partial charge on any atom is -0.461 e. The second kappa shape index (κ2) is 18.2. The van der Waals surface area contributed by atoms with E-state index < -0.39 is 108 Å². The van der Waals surface area contributed by atoms with Crippen molar-refractivity contribution in [2.45, 2.75) is 114 Å². The molecule has 0 radical (unpaired) electrons. The monoisotopic (exact) mass is 828 g/mol. The van der Waals surface area contributed by atoms with Gasteiger partial charge in [0.05, 0.1) is 6.42 Å². The Morgan fingerprint density at radius 1 is 0.797 bits per heavy atom. The fourth-order valence-electron chi connectivity index (χ4n) is 8.27. The van der Waals surface area contributed by atoms with Crippen LogP contribution in [0.3, 0.4) is 0 Å². The standard InChI is InChI=1S/C41H48F4N6O8/c1-23-37(55)51-16-6-9-33(51)40(58)59-22-30(38(56)50-15-5-8-32(50)39(57)49-14-4-3-7-31(49)36(54)46-23)48-35(53)29(19-25-17-27(42)21-28(43)18-25)47-34(52)20-24-10-12-26(13-11-24)41(2,44)45/h10-13,17-18,21,23,29-33H,3-9,14-16,19-20,22H2,1-2H3,(H,46,54)(H,47,52)(H,48,53)/t23-,29-,30-,31-,32-,33-/m0/s1. The van der Waals surface area contributed by atoms with Crippen LogP contribution in [-0.4, -0.2) is 119 Å². The molecule has 3 N–H and O–H groups in total. The summed E-state index contributed by atoms with van der Waals surface area (Å²) in [5.74, 6) is -10.0. The van der Waals surface area contributed by atoms with Gasteiger partial charge in [-0.05, 0) is 75.1 Å². The summed E-state index contributed by atoms with van der Waals surface area (Å²) in [5, 5.41) is 7.78. The van der Waals surface area contributed by atoms with Crippen LogP contribution >= 0.6 is 0 Å². The van der Waals surface area contributed by atoms with Crippen LogP contribution in [0.25, 0.3) is 0 Å². The normalized spacial score (nSPS) is 25.1. The van der Waals surface area contributed by atoms with Crippen LogP contribution in [0.15, 0.2) is 42.5 Å². The molecule has 4 saturated heterocycles. The van der Waals surface area contributed by atoms with E-state index in [0.29, 0.717) is 43.7 Å². The maximum atomic E-state index is 14.5. The Morgan fingerprint density at radius 3 is 2.05 bits per heavy atom. The van der Waals surface area contributed by atoms with Crippen LogP contribution in [0.5, 0.6) is 0 Å². The Labute approximate surface area is 338 Å². The Balaban J connectivity index is 1.29. The van der Waals surface area contributed by atoms with Crippen molar-refractivity contribution in [3.8, 4) is 0 Å². The number of carbonyl (C=O) groups is 7. The third kappa shape index (κ3) is 10.2. The summed E-state index contributed by atoms with van der Waals surface area (Å²) in [6.45, 7) is 2.01. The third-order valence-electron chi connectivity index (χ3n) is 11.3. The van der Waals surface area contributed by atoms with Gasteiger partial charge in [-0.3, -0.25) is 28.8 Å². The van der Waals surface area contributed by atoms with E-state index in [1.54, 1.807) is 0 Å². The quantitative estimate of drug-likeness (QED) is 0.269. The van der Waals surface area contributed by atoms with Crippen molar-refractivity contribution in [3.63, 3.8) is 0 Å². The Hall–Kier alpha value is -5.55. The van der Waals surface area contributed by atoms with Crippen molar-refractivity contribution in [1.29, 1.82) is 0 Å². The highest BCUT2D eigenvalue weighted by atomic mass is 19.3. The number of ether oxygens (including phenoxy) is 1. The van der Waals surface area contributed by atoms with Crippen molar-refractivity contribution in [2.75, 3.05) is 26.2 Å². The molecular weight excluding hydrogens is 780 g/mol. The molecule has 4 fully saturated rings. The summed E-state index contributed by atoms with van der Waals surface area (Å²) in [6, 6.07) is 0.269. The third-order valence-corrected chi connectivity index (χ3v) is 11.3. The van der Waals surface area contributed by atoms with E-state index in [4.69, 9.17) is 4.74 Å². The fourth-order valence-corrected chi connectivity index (χ4v) is 8.27. The molecule has 0 bridgehead atoms. The SMILES string of the molecule is C[C@@H]1NC(=O)[C@@H]2CCCCN2C(=O)[C@@H]2CCCN2C(=O)[C@@H](NC(=O)[C@H](Cc2cc(F)cc(F)c2)NC(=O)Cc2ccc(C(C)(F)F)cc2)COC(=O)[C@@H]2CCCN2C1=O. The van der Waals surface area contributed by atoms with Crippen LogP contribution in [0.4, 0.5) is 17.6 Å². The number of nitrogens with zero attached hydrogens (tertiary/aromatic N) is 3. The molecule has 59 heavy (non-hydrogen) atoms. The number of hydrogen-bond donors (Lipinski definition) is 3. The Morgan fingerprint density at radius 2 is 1.39 bits per heavy atom. The Kier molecular flexibility index (Phi) is 13.2. The van der Waals surface area contributed by atoms with E-state index in [1.807, 2.05) is 0 Å². The molecular formula is C41H48F4N6O8. The maximum absolute atomic E-state index is 14.5. The molecule has 0 saturated carbocycles. The summed E-state index contributed by atoms with van der Waals surface area (Å²) in [4.78, 5) is 101. The number of hydrogen-bond acceptors (Lipinski definition) is 8. The van der Waals surface area contributed by atoms with Gasteiger partial charge in [-0.1, -0.05) is 24.3 Å². The van der Waals surface area contributed by atoms with E-state index in [0.717, 1.165) is 31.2 Å². The molecule has 4 heterocycles. The minimum absolute atomic E-state index is 0.0289. The van der Waals surface area contributed by atoms with E-state index in [2.05, 4.69) is 16.0 Å². The van der Waals surface area contributed by atoms with Gasteiger partial charge in [0.2, 0.25) is 35.4 Å². The second-order valence-electron chi connectivity index (χ2n) is 15.7. The first-order valence-electron chi connectivity index (χ1n) is 19.9. The zero-order valence-electron chi connectivity index (χ0n) is 32.8. The van der Waals surface area contributed by atoms with E-state index in [-0.39, 0.29) is 50.0 Å². The average molecular weight is 829 g/mol. The number of benzene rings is 2. The molecule has 14 nitrogen and oxygen atoms in total. The zero-order chi connectivity index (χ0) is 42.6. The lowest BCUT2D eigenvalue weighted by molar-refractivity contribution is -0.158. The van der Waals surface area contributed by atoms with E-state index in [1.165, 1.54) is 33.8 Å². The lowest BCUT2D eigenvalue weighted by atomic mass is 9.99. The number of carbonyl (C=O) groups excluding carboxylic acids is 7. The first kappa shape index (κ1) is 43.0. The van der Waals surface area contributed by atoms with Gasteiger partial charge in [0, 0.05) is 44.6 Å². The first-order chi connectivity index (χ1) is 28.0. The van der Waals surface area contributed by atoms with Gasteiger partial charge in [-0.25, -0.2) is 22.4 Å². The van der Waals surface area contributed by atoms with E-state index >= 15 is 0 Å². The topological polar surface area (TPSA) is 175 Å². The number of alkyl halides is 2. The molecule has 6 rings (SSSR count). The maximum Gasteiger partial charge on any atom is 0.328 e. The number of fused-ring (bicyclic) bond motifs is 3. The van der Waals surface area contributed by atoms with Crippen molar-refractivity contribution in [1.82, 2.24) is 30.7 Å².